The molecule has 1 atom stereocenters. The molecule has 5 N–H and O–H groups in total. The molecule has 0 radical (unpaired) electrons. The molecular weight excluding hydrogens is 340 g/mol. The second-order valence-electron chi connectivity index (χ2n) is 8.36. The highest BCUT2D eigenvalue weighted by Crippen LogP contribution is 2.33. The molecule has 2 heterocycles. The Kier molecular flexibility index (Phi) is 5.38. The van der Waals surface area contributed by atoms with E-state index in [1.54, 1.807) is 6.08 Å². The van der Waals surface area contributed by atoms with E-state index in [9.17, 15) is 0 Å². The van der Waals surface area contributed by atoms with Crippen molar-refractivity contribution in [3.8, 4) is 0 Å². The summed E-state index contributed by atoms with van der Waals surface area (Å²) in [7, 11) is 0. The van der Waals surface area contributed by atoms with E-state index in [1.807, 2.05) is 6.92 Å². The van der Waals surface area contributed by atoms with Crippen LogP contribution in [-0.4, -0.2) is 41.7 Å². The predicted octanol–water partition coefficient (Wildman–Crippen LogP) is 2.38. The molecule has 0 amide bonds. The first kappa shape index (κ1) is 18.3. The number of nitrogens with two attached hydrogens (primary N) is 1. The van der Waals surface area contributed by atoms with Crippen molar-refractivity contribution in [3.63, 3.8) is 0 Å². The summed E-state index contributed by atoms with van der Waals surface area (Å²) in [6.07, 6.45) is 11.8. The third-order valence-corrected chi connectivity index (χ3v) is 5.88. The van der Waals surface area contributed by atoms with Crippen molar-refractivity contribution < 1.29 is 4.84 Å². The minimum Gasteiger partial charge on any atom is -0.402 e. The lowest BCUT2D eigenvalue weighted by Crippen LogP contribution is -2.42. The largest absolute Gasteiger partial charge is 0.402 e. The molecule has 4 aliphatic rings. The molecule has 0 spiro atoms. The van der Waals surface area contributed by atoms with Crippen molar-refractivity contribution in [2.45, 2.75) is 70.4 Å². The fourth-order valence-corrected chi connectivity index (χ4v) is 4.23. The van der Waals surface area contributed by atoms with Gasteiger partial charge in [0.1, 0.15) is 11.7 Å². The van der Waals surface area contributed by atoms with Gasteiger partial charge in [0, 0.05) is 36.8 Å². The summed E-state index contributed by atoms with van der Waals surface area (Å²) in [5.74, 6) is 2.29. The summed E-state index contributed by atoms with van der Waals surface area (Å²) in [5.41, 5.74) is 10.2. The van der Waals surface area contributed by atoms with Crippen LogP contribution in [-0.2, 0) is 4.84 Å². The highest BCUT2D eigenvalue weighted by molar-refractivity contribution is 6.00. The van der Waals surface area contributed by atoms with Gasteiger partial charge in [-0.05, 0) is 45.1 Å². The van der Waals surface area contributed by atoms with Crippen LogP contribution >= 0.6 is 0 Å². The maximum absolute atomic E-state index is 8.76. The summed E-state index contributed by atoms with van der Waals surface area (Å²) >= 11 is 0. The standard InChI is InChI=1S/C20H32N6O/c1-13(21)11-17(20-24-19(25-27-20)14-7-8-14)18(22)26-10-9-16(12-26)23-15-5-3-2-4-6-15/h11,14-16,22-23H,2-10,12,21H2,1H3,(H,24,25)/b13-11-,20-17?,22-18?. The molecule has 4 rings (SSSR count). The monoisotopic (exact) mass is 372 g/mol. The molecule has 3 fully saturated rings. The Labute approximate surface area is 161 Å². The van der Waals surface area contributed by atoms with Crippen molar-refractivity contribution in [1.29, 1.82) is 5.41 Å². The summed E-state index contributed by atoms with van der Waals surface area (Å²) < 4.78 is 0. The number of rotatable bonds is 5. The van der Waals surface area contributed by atoms with Crippen LogP contribution in [0.5, 0.6) is 0 Å². The van der Waals surface area contributed by atoms with Gasteiger partial charge < -0.3 is 20.8 Å². The lowest BCUT2D eigenvalue weighted by molar-refractivity contribution is 0.174. The number of allylic oxidation sites excluding steroid dienone is 1. The lowest BCUT2D eigenvalue weighted by Gasteiger charge is -2.27. The molecule has 0 aromatic carbocycles. The maximum Gasteiger partial charge on any atom is 0.258 e. The molecule has 0 aromatic rings. The topological polar surface area (TPSA) is 98.8 Å². The van der Waals surface area contributed by atoms with E-state index in [2.05, 4.69) is 20.7 Å². The number of nitrogens with zero attached hydrogens (tertiary/aromatic N) is 2. The highest BCUT2D eigenvalue weighted by Gasteiger charge is 2.34. The van der Waals surface area contributed by atoms with Crippen molar-refractivity contribution in [3.05, 3.63) is 23.2 Å². The van der Waals surface area contributed by atoms with Crippen LogP contribution in [0.25, 0.3) is 0 Å². The second-order valence-corrected chi connectivity index (χ2v) is 8.36. The van der Waals surface area contributed by atoms with E-state index >= 15 is 0 Å². The third kappa shape index (κ3) is 4.46. The molecule has 0 aromatic heterocycles. The average Bonchev–Trinajstić information content (AvgIpc) is 3.21. The van der Waals surface area contributed by atoms with E-state index in [-0.39, 0.29) is 0 Å². The number of hydroxylamine groups is 1. The van der Waals surface area contributed by atoms with Crippen LogP contribution in [0.2, 0.25) is 0 Å². The van der Waals surface area contributed by atoms with Crippen LogP contribution in [0.1, 0.15) is 58.3 Å². The molecule has 7 heteroatoms. The minimum atomic E-state index is 0.449. The van der Waals surface area contributed by atoms with Gasteiger partial charge in [-0.3, -0.25) is 5.41 Å². The van der Waals surface area contributed by atoms with Crippen LogP contribution in [0, 0.1) is 11.3 Å². The summed E-state index contributed by atoms with van der Waals surface area (Å²) in [6, 6.07) is 1.10. The van der Waals surface area contributed by atoms with Gasteiger partial charge in [0.25, 0.3) is 5.88 Å². The molecule has 27 heavy (non-hydrogen) atoms. The Hall–Kier alpha value is -2.02. The van der Waals surface area contributed by atoms with E-state index < -0.39 is 0 Å². The first-order valence-electron chi connectivity index (χ1n) is 10.4. The van der Waals surface area contributed by atoms with E-state index in [1.165, 1.54) is 32.1 Å². The number of nitrogens with one attached hydrogen (secondary N) is 3. The van der Waals surface area contributed by atoms with Crippen LogP contribution < -0.4 is 16.5 Å². The Morgan fingerprint density at radius 2 is 2.00 bits per heavy atom. The molecule has 0 bridgehead atoms. The molecule has 1 saturated heterocycles. The van der Waals surface area contributed by atoms with E-state index in [0.717, 1.165) is 38.2 Å². The van der Waals surface area contributed by atoms with E-state index in [4.69, 9.17) is 16.0 Å². The van der Waals surface area contributed by atoms with Gasteiger partial charge in [-0.1, -0.05) is 19.3 Å². The van der Waals surface area contributed by atoms with Gasteiger partial charge in [0.05, 0.1) is 5.57 Å². The van der Waals surface area contributed by atoms with Crippen molar-refractivity contribution in [2.24, 2.45) is 16.6 Å². The minimum absolute atomic E-state index is 0.449. The molecule has 7 nitrogen and oxygen atoms in total. The number of likely N-dealkylation sites (tertiary alicyclic amines) is 1. The Bertz CT molecular complexity index is 668. The first-order chi connectivity index (χ1) is 13.1. The number of hydrogen-bond acceptors (Lipinski definition) is 6. The van der Waals surface area contributed by atoms with Crippen LogP contribution in [0.15, 0.2) is 28.2 Å². The van der Waals surface area contributed by atoms with Gasteiger partial charge in [0.15, 0.2) is 0 Å². The van der Waals surface area contributed by atoms with Crippen LogP contribution in [0.4, 0.5) is 0 Å². The molecule has 2 saturated carbocycles. The van der Waals surface area contributed by atoms with Gasteiger partial charge >= 0.3 is 0 Å². The normalized spacial score (nSPS) is 28.6. The van der Waals surface area contributed by atoms with Crippen LogP contribution in [0.3, 0.4) is 0 Å². The molecule has 2 aliphatic carbocycles. The fourth-order valence-electron chi connectivity index (χ4n) is 4.23. The smallest absolute Gasteiger partial charge is 0.258 e. The summed E-state index contributed by atoms with van der Waals surface area (Å²) in [4.78, 5) is 12.3. The average molecular weight is 373 g/mol. The zero-order valence-electron chi connectivity index (χ0n) is 16.3. The number of amidine groups is 2. The molecule has 1 unspecified atom stereocenters. The van der Waals surface area contributed by atoms with E-state index in [0.29, 0.717) is 41.0 Å². The first-order valence-corrected chi connectivity index (χ1v) is 10.4. The number of aliphatic imine (C=N–C) groups is 1. The maximum atomic E-state index is 8.76. The zero-order chi connectivity index (χ0) is 18.8. The fraction of sp³-hybridized carbons (Fsp3) is 0.700. The van der Waals surface area contributed by atoms with Gasteiger partial charge in [-0.15, -0.1) is 0 Å². The lowest BCUT2D eigenvalue weighted by atomic mass is 9.95. The van der Waals surface area contributed by atoms with Gasteiger partial charge in [-0.2, -0.15) is 4.99 Å². The predicted molar refractivity (Wildman–Crippen MR) is 107 cm³/mol. The van der Waals surface area contributed by atoms with Gasteiger partial charge in [-0.25, -0.2) is 5.48 Å². The summed E-state index contributed by atoms with van der Waals surface area (Å²) in [6.45, 7) is 3.57. The Morgan fingerprint density at radius 1 is 1.22 bits per heavy atom. The molecule has 148 valence electrons. The van der Waals surface area contributed by atoms with Crippen molar-refractivity contribution in [2.75, 3.05) is 13.1 Å². The quantitative estimate of drug-likeness (QED) is 0.439. The Morgan fingerprint density at radius 3 is 2.70 bits per heavy atom. The van der Waals surface area contributed by atoms with Crippen molar-refractivity contribution in [1.82, 2.24) is 15.7 Å². The second kappa shape index (κ2) is 7.92. The highest BCUT2D eigenvalue weighted by atomic mass is 16.7. The molecular formula is C20H32N6O. The Balaban J connectivity index is 1.43. The summed E-state index contributed by atoms with van der Waals surface area (Å²) in [5, 5.41) is 12.6. The molecule has 2 aliphatic heterocycles. The SMILES string of the molecule is C/C(N)=C/C(C(=N)N1CCC(NC2CCCCC2)C1)=C1N=C(C2CC2)NO1. The third-order valence-electron chi connectivity index (χ3n) is 5.88. The van der Waals surface area contributed by atoms with Crippen molar-refractivity contribution >= 4 is 11.7 Å². The van der Waals surface area contributed by atoms with Gasteiger partial charge in [0.2, 0.25) is 0 Å². The zero-order valence-corrected chi connectivity index (χ0v) is 16.3. The number of hydrogen-bond donors (Lipinski definition) is 4.